The minimum Gasteiger partial charge on any atom is -0.472 e. The first-order chi connectivity index (χ1) is 8.31. The number of hydrogen-bond acceptors (Lipinski definition) is 3. The van der Waals surface area contributed by atoms with Crippen molar-refractivity contribution in [1.82, 2.24) is 0 Å². The third-order valence-corrected chi connectivity index (χ3v) is 2.59. The summed E-state index contributed by atoms with van der Waals surface area (Å²) in [7, 11) is 1.55. The molecular formula is C14H14O3. The molecular weight excluding hydrogens is 216 g/mol. The third-order valence-electron chi connectivity index (χ3n) is 2.59. The van der Waals surface area contributed by atoms with Crippen molar-refractivity contribution in [1.29, 1.82) is 0 Å². The zero-order chi connectivity index (χ0) is 12.1. The van der Waals surface area contributed by atoms with Crippen molar-refractivity contribution in [2.45, 2.75) is 12.5 Å². The van der Waals surface area contributed by atoms with Gasteiger partial charge < -0.3 is 9.15 Å². The lowest BCUT2D eigenvalue weighted by atomic mass is 10.0. The molecule has 2 aromatic rings. The number of carbonyl (C=O) groups is 1. The van der Waals surface area contributed by atoms with Gasteiger partial charge in [0.1, 0.15) is 6.10 Å². The van der Waals surface area contributed by atoms with E-state index in [4.69, 9.17) is 9.15 Å². The molecule has 0 saturated heterocycles. The van der Waals surface area contributed by atoms with Gasteiger partial charge in [0.15, 0.2) is 5.78 Å². The van der Waals surface area contributed by atoms with Gasteiger partial charge in [0, 0.05) is 13.5 Å². The van der Waals surface area contributed by atoms with E-state index >= 15 is 0 Å². The molecule has 2 rings (SSSR count). The largest absolute Gasteiger partial charge is 0.472 e. The number of rotatable bonds is 5. The molecule has 1 unspecified atom stereocenters. The van der Waals surface area contributed by atoms with Crippen molar-refractivity contribution < 1.29 is 13.9 Å². The Morgan fingerprint density at radius 1 is 1.29 bits per heavy atom. The van der Waals surface area contributed by atoms with Crippen LogP contribution in [0.15, 0.2) is 53.3 Å². The highest BCUT2D eigenvalue weighted by Crippen LogP contribution is 2.19. The Hall–Kier alpha value is -1.87. The molecule has 0 saturated carbocycles. The number of ether oxygens (including phenoxy) is 1. The Kier molecular flexibility index (Phi) is 3.73. The van der Waals surface area contributed by atoms with E-state index in [-0.39, 0.29) is 5.78 Å². The standard InChI is InChI=1S/C14H14O3/c1-16-14(12-5-3-2-4-6-12)13(15)9-11-7-8-17-10-11/h2-8,10,14H,9H2,1H3. The first-order valence-electron chi connectivity index (χ1n) is 5.43. The van der Waals surface area contributed by atoms with Crippen molar-refractivity contribution >= 4 is 5.78 Å². The first-order valence-corrected chi connectivity index (χ1v) is 5.43. The SMILES string of the molecule is COC(C(=O)Cc1ccoc1)c1ccccc1. The van der Waals surface area contributed by atoms with Crippen molar-refractivity contribution in [3.8, 4) is 0 Å². The second-order valence-corrected chi connectivity index (χ2v) is 3.80. The summed E-state index contributed by atoms with van der Waals surface area (Å²) in [6, 6.07) is 11.3. The molecule has 1 aromatic carbocycles. The molecule has 0 aliphatic heterocycles. The lowest BCUT2D eigenvalue weighted by Crippen LogP contribution is -2.16. The van der Waals surface area contributed by atoms with Gasteiger partial charge in [0.2, 0.25) is 0 Å². The van der Waals surface area contributed by atoms with Crippen molar-refractivity contribution in [2.24, 2.45) is 0 Å². The van der Waals surface area contributed by atoms with Gasteiger partial charge in [-0.25, -0.2) is 0 Å². The second kappa shape index (κ2) is 5.46. The van der Waals surface area contributed by atoms with Crippen LogP contribution in [0.2, 0.25) is 0 Å². The lowest BCUT2D eigenvalue weighted by molar-refractivity contribution is -0.128. The van der Waals surface area contributed by atoms with Crippen molar-refractivity contribution in [3.63, 3.8) is 0 Å². The van der Waals surface area contributed by atoms with Crippen LogP contribution >= 0.6 is 0 Å². The summed E-state index contributed by atoms with van der Waals surface area (Å²) in [5, 5.41) is 0. The maximum atomic E-state index is 12.1. The van der Waals surface area contributed by atoms with Gasteiger partial charge in [-0.15, -0.1) is 0 Å². The van der Waals surface area contributed by atoms with E-state index < -0.39 is 6.10 Å². The lowest BCUT2D eigenvalue weighted by Gasteiger charge is -2.13. The summed E-state index contributed by atoms with van der Waals surface area (Å²) < 4.78 is 10.2. The first kappa shape index (κ1) is 11.6. The summed E-state index contributed by atoms with van der Waals surface area (Å²) >= 11 is 0. The van der Waals surface area contributed by atoms with Crippen LogP contribution in [0.4, 0.5) is 0 Å². The number of benzene rings is 1. The summed E-state index contributed by atoms with van der Waals surface area (Å²) in [4.78, 5) is 12.1. The second-order valence-electron chi connectivity index (χ2n) is 3.80. The minimum absolute atomic E-state index is 0.0279. The van der Waals surface area contributed by atoms with Crippen LogP contribution in [-0.2, 0) is 16.0 Å². The van der Waals surface area contributed by atoms with E-state index in [0.717, 1.165) is 11.1 Å². The summed E-state index contributed by atoms with van der Waals surface area (Å²) in [6.45, 7) is 0. The van der Waals surface area contributed by atoms with E-state index in [9.17, 15) is 4.79 Å². The van der Waals surface area contributed by atoms with Crippen LogP contribution < -0.4 is 0 Å². The van der Waals surface area contributed by atoms with E-state index in [1.54, 1.807) is 25.7 Å². The summed E-state index contributed by atoms with van der Waals surface area (Å²) in [5.74, 6) is 0.0279. The van der Waals surface area contributed by atoms with Gasteiger partial charge in [0.05, 0.1) is 12.5 Å². The zero-order valence-electron chi connectivity index (χ0n) is 9.63. The quantitative estimate of drug-likeness (QED) is 0.792. The average molecular weight is 230 g/mol. The fraction of sp³-hybridized carbons (Fsp3) is 0.214. The van der Waals surface area contributed by atoms with Gasteiger partial charge in [-0.1, -0.05) is 30.3 Å². The van der Waals surface area contributed by atoms with Gasteiger partial charge >= 0.3 is 0 Å². The number of hydrogen-bond donors (Lipinski definition) is 0. The molecule has 0 spiro atoms. The highest BCUT2D eigenvalue weighted by atomic mass is 16.5. The molecule has 0 aliphatic rings. The van der Waals surface area contributed by atoms with Gasteiger partial charge in [-0.3, -0.25) is 4.79 Å². The fourth-order valence-corrected chi connectivity index (χ4v) is 1.77. The van der Waals surface area contributed by atoms with E-state index in [2.05, 4.69) is 0 Å². The highest BCUT2D eigenvalue weighted by Gasteiger charge is 2.20. The molecule has 0 amide bonds. The Morgan fingerprint density at radius 2 is 2.06 bits per heavy atom. The zero-order valence-corrected chi connectivity index (χ0v) is 9.63. The van der Waals surface area contributed by atoms with Crippen LogP contribution in [0.1, 0.15) is 17.2 Å². The van der Waals surface area contributed by atoms with Gasteiger partial charge in [0.25, 0.3) is 0 Å². The Morgan fingerprint density at radius 3 is 2.65 bits per heavy atom. The average Bonchev–Trinajstić information content (AvgIpc) is 2.84. The fourth-order valence-electron chi connectivity index (χ4n) is 1.77. The predicted molar refractivity (Wildman–Crippen MR) is 63.6 cm³/mol. The van der Waals surface area contributed by atoms with Crippen molar-refractivity contribution in [2.75, 3.05) is 7.11 Å². The normalized spacial score (nSPS) is 12.3. The van der Waals surface area contributed by atoms with E-state index in [1.807, 2.05) is 30.3 Å². The van der Waals surface area contributed by atoms with E-state index in [1.165, 1.54) is 0 Å². The molecule has 1 atom stereocenters. The Labute approximate surface area is 100 Å². The predicted octanol–water partition coefficient (Wildman–Crippen LogP) is 2.78. The van der Waals surface area contributed by atoms with Crippen LogP contribution in [0.3, 0.4) is 0 Å². The molecule has 17 heavy (non-hydrogen) atoms. The molecule has 88 valence electrons. The van der Waals surface area contributed by atoms with Crippen LogP contribution in [0.5, 0.6) is 0 Å². The molecule has 1 aromatic heterocycles. The number of Topliss-reactive ketones (excluding diaryl/α,β-unsaturated/α-hetero) is 1. The smallest absolute Gasteiger partial charge is 0.170 e. The highest BCUT2D eigenvalue weighted by molar-refractivity contribution is 5.86. The molecule has 3 nitrogen and oxygen atoms in total. The number of ketones is 1. The minimum atomic E-state index is -0.508. The molecule has 0 radical (unpaired) electrons. The van der Waals surface area contributed by atoms with Crippen LogP contribution in [0.25, 0.3) is 0 Å². The summed E-state index contributed by atoms with van der Waals surface area (Å²) in [6.07, 6.45) is 2.96. The topological polar surface area (TPSA) is 39.4 Å². The van der Waals surface area contributed by atoms with Crippen LogP contribution in [0, 0.1) is 0 Å². The van der Waals surface area contributed by atoms with Crippen molar-refractivity contribution in [3.05, 3.63) is 60.1 Å². The number of furan rings is 1. The third kappa shape index (κ3) is 2.82. The Balaban J connectivity index is 2.11. The molecule has 0 N–H and O–H groups in total. The Bertz CT molecular complexity index is 459. The molecule has 0 aliphatic carbocycles. The monoisotopic (exact) mass is 230 g/mol. The molecule has 0 fully saturated rings. The number of carbonyl (C=O) groups excluding carboxylic acids is 1. The number of methoxy groups -OCH3 is 1. The molecule has 0 bridgehead atoms. The van der Waals surface area contributed by atoms with Gasteiger partial charge in [-0.05, 0) is 17.2 Å². The summed E-state index contributed by atoms with van der Waals surface area (Å²) in [5.41, 5.74) is 1.75. The van der Waals surface area contributed by atoms with Gasteiger partial charge in [-0.2, -0.15) is 0 Å². The maximum absolute atomic E-state index is 12.1. The van der Waals surface area contributed by atoms with E-state index in [0.29, 0.717) is 6.42 Å². The molecule has 3 heteroatoms. The maximum Gasteiger partial charge on any atom is 0.170 e. The van der Waals surface area contributed by atoms with Crippen LogP contribution in [-0.4, -0.2) is 12.9 Å². The molecule has 1 heterocycles.